The maximum absolute atomic E-state index is 14.3. The Morgan fingerprint density at radius 3 is 1.42 bits per heavy atom. The molecule has 0 atom stereocenters. The molecule has 1 fully saturated rings. The van der Waals surface area contributed by atoms with E-state index in [0.717, 1.165) is 0 Å². The first-order valence-corrected chi connectivity index (χ1v) is 6.82. The van der Waals surface area contributed by atoms with Gasteiger partial charge in [0.05, 0.1) is 13.2 Å². The lowest BCUT2D eigenvalue weighted by Crippen LogP contribution is -2.50. The van der Waals surface area contributed by atoms with Gasteiger partial charge in [-0.05, 0) is 0 Å². The Kier molecular flexibility index (Phi) is 5.95. The Hall–Kier alpha value is 0.860. The van der Waals surface area contributed by atoms with Crippen molar-refractivity contribution in [2.24, 2.45) is 0 Å². The van der Waals surface area contributed by atoms with E-state index in [9.17, 15) is 8.78 Å². The second kappa shape index (κ2) is 6.32. The fourth-order valence-corrected chi connectivity index (χ4v) is 2.88. The van der Waals surface area contributed by atoms with Crippen LogP contribution in [0.4, 0.5) is 8.78 Å². The van der Waals surface area contributed by atoms with Crippen molar-refractivity contribution >= 4 is 46.4 Å². The molecule has 0 aliphatic carbocycles. The Balaban J connectivity index is 3.06. The van der Waals surface area contributed by atoms with Gasteiger partial charge in [0.2, 0.25) is 8.91 Å². The zero-order chi connectivity index (χ0) is 14.9. The molecule has 0 radical (unpaired) electrons. The van der Waals surface area contributed by atoms with Crippen LogP contribution in [-0.4, -0.2) is 65.4 Å². The summed E-state index contributed by atoms with van der Waals surface area (Å²) >= 11 is 23.7. The molecule has 1 heterocycles. The van der Waals surface area contributed by atoms with Gasteiger partial charge >= 0.3 is 6.17 Å². The molecule has 0 aromatic carbocycles. The fourth-order valence-electron chi connectivity index (χ4n) is 1.72. The molecule has 0 N–H and O–H groups in total. The van der Waals surface area contributed by atoms with Crippen molar-refractivity contribution in [1.82, 2.24) is 9.80 Å². The molecule has 0 aromatic heterocycles. The van der Waals surface area contributed by atoms with E-state index in [4.69, 9.17) is 55.9 Å². The van der Waals surface area contributed by atoms with E-state index < -0.39 is 15.1 Å². The van der Waals surface area contributed by atoms with Crippen molar-refractivity contribution in [2.45, 2.75) is 15.1 Å². The first kappa shape index (κ1) is 17.9. The van der Waals surface area contributed by atoms with E-state index in [1.807, 2.05) is 0 Å². The second-order valence-corrected chi connectivity index (χ2v) is 6.46. The van der Waals surface area contributed by atoms with Crippen LogP contribution in [0.25, 0.3) is 0 Å². The molecule has 0 bridgehead atoms. The summed E-state index contributed by atoms with van der Waals surface area (Å²) in [5.41, 5.74) is 0. The highest BCUT2D eigenvalue weighted by Gasteiger charge is 2.73. The molecule has 0 saturated carbocycles. The number of alkyl halides is 6. The number of methoxy groups -OCH3 is 2. The minimum atomic E-state index is -3.52. The topological polar surface area (TPSA) is 24.9 Å². The number of ether oxygens (including phenoxy) is 2. The third-order valence-corrected chi connectivity index (χ3v) is 5.02. The number of nitrogens with zero attached hydrogens (tertiary/aromatic N) is 2. The summed E-state index contributed by atoms with van der Waals surface area (Å²) < 4.78 is 33.8. The third kappa shape index (κ3) is 3.06. The van der Waals surface area contributed by atoms with Gasteiger partial charge in [0.15, 0.2) is 0 Å². The molecule has 114 valence electrons. The number of hydrogen-bond donors (Lipinski definition) is 0. The van der Waals surface area contributed by atoms with Crippen molar-refractivity contribution in [3.8, 4) is 0 Å². The van der Waals surface area contributed by atoms with Gasteiger partial charge < -0.3 is 9.47 Å². The van der Waals surface area contributed by atoms with Crippen molar-refractivity contribution in [2.75, 3.05) is 40.5 Å². The van der Waals surface area contributed by atoms with Gasteiger partial charge in [0.1, 0.15) is 0 Å². The molecular weight excluding hydrogens is 348 g/mol. The normalized spacial score (nSPS) is 25.9. The van der Waals surface area contributed by atoms with Crippen LogP contribution in [0.1, 0.15) is 0 Å². The number of hydrogen-bond acceptors (Lipinski definition) is 4. The quantitative estimate of drug-likeness (QED) is 0.536. The van der Waals surface area contributed by atoms with E-state index in [1.54, 1.807) is 0 Å². The highest BCUT2D eigenvalue weighted by Crippen LogP contribution is 2.58. The Morgan fingerprint density at radius 2 is 1.16 bits per heavy atom. The van der Waals surface area contributed by atoms with E-state index in [-0.39, 0.29) is 26.3 Å². The molecule has 1 aliphatic heterocycles. The molecule has 10 heteroatoms. The molecule has 1 saturated heterocycles. The van der Waals surface area contributed by atoms with E-state index >= 15 is 0 Å². The van der Waals surface area contributed by atoms with Gasteiger partial charge in [-0.1, -0.05) is 46.4 Å². The molecule has 19 heavy (non-hydrogen) atoms. The standard InChI is InChI=1S/C9H14Cl4F2N2O2/c1-18-5-3-16-7(10,11)8(12,13)17(4-6-19-2)9(16,14)15/h3-6H2,1-2H3. The van der Waals surface area contributed by atoms with Gasteiger partial charge in [0.25, 0.3) is 0 Å². The largest absolute Gasteiger partial charge is 0.383 e. The van der Waals surface area contributed by atoms with Crippen LogP contribution < -0.4 is 0 Å². The smallest absolute Gasteiger partial charge is 0.374 e. The predicted molar refractivity (Wildman–Crippen MR) is 71.0 cm³/mol. The number of halogens is 6. The highest BCUT2D eigenvalue weighted by atomic mass is 35.5. The van der Waals surface area contributed by atoms with Gasteiger partial charge in [-0.15, -0.1) is 0 Å². The van der Waals surface area contributed by atoms with Crippen molar-refractivity contribution in [3.05, 3.63) is 0 Å². The Bertz CT molecular complexity index is 293. The minimum Gasteiger partial charge on any atom is -0.383 e. The maximum atomic E-state index is 14.3. The molecule has 4 nitrogen and oxygen atoms in total. The molecule has 0 amide bonds. The van der Waals surface area contributed by atoms with Crippen molar-refractivity contribution in [3.63, 3.8) is 0 Å². The molecular formula is C9H14Cl4F2N2O2. The Labute approximate surface area is 130 Å². The first-order chi connectivity index (χ1) is 8.64. The van der Waals surface area contributed by atoms with Crippen LogP contribution in [0.5, 0.6) is 0 Å². The summed E-state index contributed by atoms with van der Waals surface area (Å²) in [6, 6.07) is 0. The third-order valence-electron chi connectivity index (χ3n) is 2.73. The Morgan fingerprint density at radius 1 is 0.842 bits per heavy atom. The summed E-state index contributed by atoms with van der Waals surface area (Å²) in [5, 5.41) is 0. The van der Waals surface area contributed by atoms with Crippen LogP contribution in [0.2, 0.25) is 0 Å². The molecule has 0 aromatic rings. The molecule has 1 aliphatic rings. The monoisotopic (exact) mass is 360 g/mol. The van der Waals surface area contributed by atoms with Crippen LogP contribution in [0, 0.1) is 0 Å². The lowest BCUT2D eigenvalue weighted by Gasteiger charge is -2.31. The average molecular weight is 362 g/mol. The van der Waals surface area contributed by atoms with E-state index in [1.165, 1.54) is 14.2 Å². The van der Waals surface area contributed by atoms with Gasteiger partial charge in [-0.25, -0.2) is 0 Å². The second-order valence-electron chi connectivity index (χ2n) is 3.88. The fraction of sp³-hybridized carbons (Fsp3) is 1.00. The minimum absolute atomic E-state index is 0.00123. The van der Waals surface area contributed by atoms with Crippen molar-refractivity contribution < 1.29 is 18.3 Å². The summed E-state index contributed by atoms with van der Waals surface area (Å²) in [4.78, 5) is 0.977. The maximum Gasteiger partial charge on any atom is 0.374 e. The van der Waals surface area contributed by atoms with Crippen molar-refractivity contribution in [1.29, 1.82) is 0 Å². The highest BCUT2D eigenvalue weighted by molar-refractivity contribution is 6.62. The lowest BCUT2D eigenvalue weighted by atomic mass is 10.5. The zero-order valence-corrected chi connectivity index (χ0v) is 13.3. The molecule has 0 spiro atoms. The van der Waals surface area contributed by atoms with Gasteiger partial charge in [-0.3, -0.25) is 0 Å². The summed E-state index contributed by atoms with van der Waals surface area (Å²) in [5.74, 6) is 0. The van der Waals surface area contributed by atoms with E-state index in [0.29, 0.717) is 9.80 Å². The van der Waals surface area contributed by atoms with Gasteiger partial charge in [0, 0.05) is 27.3 Å². The molecule has 0 unspecified atom stereocenters. The summed E-state index contributed by atoms with van der Waals surface area (Å²) in [6.45, 7) is -0.472. The lowest BCUT2D eigenvalue weighted by molar-refractivity contribution is -0.221. The average Bonchev–Trinajstić information content (AvgIpc) is 2.37. The molecule has 1 rings (SSSR count). The van der Waals surface area contributed by atoms with Crippen LogP contribution in [0.15, 0.2) is 0 Å². The van der Waals surface area contributed by atoms with Crippen LogP contribution in [0.3, 0.4) is 0 Å². The van der Waals surface area contributed by atoms with Crippen LogP contribution >= 0.6 is 46.4 Å². The summed E-state index contributed by atoms with van der Waals surface area (Å²) in [7, 11) is 2.74. The SMILES string of the molecule is COCCN1C(F)(F)N(CCOC)C(Cl)(Cl)C1(Cl)Cl. The van der Waals surface area contributed by atoms with Crippen LogP contribution in [-0.2, 0) is 9.47 Å². The van der Waals surface area contributed by atoms with Gasteiger partial charge in [-0.2, -0.15) is 18.6 Å². The van der Waals surface area contributed by atoms with E-state index in [2.05, 4.69) is 0 Å². The number of rotatable bonds is 6. The zero-order valence-electron chi connectivity index (χ0n) is 10.3. The summed E-state index contributed by atoms with van der Waals surface area (Å²) in [6.07, 6.45) is -3.52. The first-order valence-electron chi connectivity index (χ1n) is 5.30. The predicted octanol–water partition coefficient (Wildman–Crippen LogP) is 2.71.